The molecular weight excluding hydrogens is 359 g/mol. The highest BCUT2D eigenvalue weighted by Gasteiger charge is 2.39. The zero-order valence-corrected chi connectivity index (χ0v) is 13.2. The van der Waals surface area contributed by atoms with Gasteiger partial charge in [-0.25, -0.2) is 17.5 Å². The average molecular weight is 372 g/mol. The first-order valence-corrected chi connectivity index (χ1v) is 8.38. The Morgan fingerprint density at radius 1 is 1.63 bits per heavy atom. The largest absolute Gasteiger partial charge is 0.395 e. The van der Waals surface area contributed by atoms with E-state index in [0.29, 0.717) is 5.92 Å². The number of anilines is 1. The first-order chi connectivity index (χ1) is 8.77. The molecule has 0 saturated heterocycles. The molecule has 0 bridgehead atoms. The summed E-state index contributed by atoms with van der Waals surface area (Å²) in [5.41, 5.74) is 5.17. The van der Waals surface area contributed by atoms with E-state index in [-0.39, 0.29) is 21.2 Å². The van der Waals surface area contributed by atoms with Crippen molar-refractivity contribution in [1.82, 2.24) is 4.72 Å². The molecule has 2 atom stereocenters. The fourth-order valence-corrected chi connectivity index (χ4v) is 3.90. The second-order valence-corrected chi connectivity index (χ2v) is 7.41. The van der Waals surface area contributed by atoms with Gasteiger partial charge in [0.2, 0.25) is 10.0 Å². The van der Waals surface area contributed by atoms with E-state index < -0.39 is 20.7 Å². The topological polar surface area (TPSA) is 72.2 Å². The molecule has 0 heterocycles. The second kappa shape index (κ2) is 5.20. The molecule has 4 nitrogen and oxygen atoms in total. The fraction of sp³-hybridized carbons (Fsp3) is 0.455. The molecule has 3 N–H and O–H groups in total. The minimum absolute atomic E-state index is 0.0575. The predicted molar refractivity (Wildman–Crippen MR) is 76.0 cm³/mol. The Morgan fingerprint density at radius 2 is 2.26 bits per heavy atom. The lowest BCUT2D eigenvalue weighted by molar-refractivity contribution is 0.555. The zero-order valence-electron chi connectivity index (χ0n) is 10.1. The smallest absolute Gasteiger partial charge is 0.243 e. The number of hydrogen-bond donors (Lipinski definition) is 2. The van der Waals surface area contributed by atoms with Gasteiger partial charge in [-0.05, 0) is 34.3 Å². The molecule has 19 heavy (non-hydrogen) atoms. The van der Waals surface area contributed by atoms with E-state index in [2.05, 4.69) is 20.7 Å². The summed E-state index contributed by atoms with van der Waals surface area (Å²) in [6.45, 7) is 1.98. The highest BCUT2D eigenvalue weighted by Crippen LogP contribution is 2.37. The molecule has 2 rings (SSSR count). The summed E-state index contributed by atoms with van der Waals surface area (Å²) in [6, 6.07) is 0.932. The van der Waals surface area contributed by atoms with E-state index in [1.165, 1.54) is 0 Å². The van der Waals surface area contributed by atoms with Gasteiger partial charge in [-0.1, -0.05) is 24.9 Å². The maximum absolute atomic E-state index is 14.0. The molecule has 0 spiro atoms. The minimum Gasteiger partial charge on any atom is -0.395 e. The lowest BCUT2D eigenvalue weighted by Gasteiger charge is -2.11. The van der Waals surface area contributed by atoms with Crippen molar-refractivity contribution < 1.29 is 12.8 Å². The van der Waals surface area contributed by atoms with Crippen LogP contribution < -0.4 is 10.5 Å². The third kappa shape index (κ3) is 2.89. The number of hydrogen-bond acceptors (Lipinski definition) is 3. The average Bonchev–Trinajstić information content (AvgIpc) is 3.08. The number of halogens is 3. The predicted octanol–water partition coefficient (Wildman–Crippen LogP) is 2.90. The first kappa shape index (κ1) is 15.0. The monoisotopic (exact) mass is 370 g/mol. The Kier molecular flexibility index (Phi) is 4.11. The van der Waals surface area contributed by atoms with E-state index in [1.54, 1.807) is 0 Å². The van der Waals surface area contributed by atoms with Gasteiger partial charge in [0.1, 0.15) is 4.90 Å². The van der Waals surface area contributed by atoms with Crippen molar-refractivity contribution in [3.05, 3.63) is 21.4 Å². The van der Waals surface area contributed by atoms with Crippen molar-refractivity contribution in [3.8, 4) is 0 Å². The first-order valence-electron chi connectivity index (χ1n) is 5.73. The Bertz CT molecular complexity index is 624. The molecule has 0 aromatic heterocycles. The van der Waals surface area contributed by atoms with Crippen molar-refractivity contribution in [3.63, 3.8) is 0 Å². The number of rotatable bonds is 4. The SMILES string of the molecule is CCC1CC1NS(=O)(=O)c1cc(Cl)c(Br)c(N)c1F. The summed E-state index contributed by atoms with van der Waals surface area (Å²) in [5.74, 6) is -0.668. The number of benzene rings is 1. The molecule has 1 aromatic carbocycles. The number of nitrogen functional groups attached to an aromatic ring is 1. The van der Waals surface area contributed by atoms with Crippen LogP contribution in [0.25, 0.3) is 0 Å². The van der Waals surface area contributed by atoms with Crippen molar-refractivity contribution in [1.29, 1.82) is 0 Å². The molecule has 0 aliphatic heterocycles. The van der Waals surface area contributed by atoms with Crippen LogP contribution in [0, 0.1) is 11.7 Å². The lowest BCUT2D eigenvalue weighted by Crippen LogP contribution is -2.28. The highest BCUT2D eigenvalue weighted by molar-refractivity contribution is 9.10. The molecule has 1 fully saturated rings. The summed E-state index contributed by atoms with van der Waals surface area (Å²) < 4.78 is 40.8. The van der Waals surface area contributed by atoms with E-state index in [4.69, 9.17) is 17.3 Å². The Morgan fingerprint density at radius 3 is 2.79 bits per heavy atom. The normalized spacial score (nSPS) is 22.5. The molecule has 8 heteroatoms. The Hall–Kier alpha value is -0.370. The summed E-state index contributed by atoms with van der Waals surface area (Å²) >= 11 is 8.82. The van der Waals surface area contributed by atoms with Crippen LogP contribution in [0.4, 0.5) is 10.1 Å². The van der Waals surface area contributed by atoms with Crippen molar-refractivity contribution in [2.45, 2.75) is 30.7 Å². The molecule has 1 aliphatic carbocycles. The summed E-state index contributed by atoms with van der Waals surface area (Å²) in [7, 11) is -3.94. The third-order valence-corrected chi connectivity index (χ3v) is 6.07. The second-order valence-electron chi connectivity index (χ2n) is 4.53. The van der Waals surface area contributed by atoms with Gasteiger partial charge in [-0.2, -0.15) is 0 Å². The highest BCUT2D eigenvalue weighted by atomic mass is 79.9. The summed E-state index contributed by atoms with van der Waals surface area (Å²) in [6.07, 6.45) is 1.66. The summed E-state index contributed by atoms with van der Waals surface area (Å²) in [4.78, 5) is -0.514. The maximum Gasteiger partial charge on any atom is 0.243 e. The third-order valence-electron chi connectivity index (χ3n) is 3.20. The Balaban J connectivity index is 2.36. The molecule has 0 amide bonds. The van der Waals surface area contributed by atoms with Crippen molar-refractivity contribution in [2.24, 2.45) is 5.92 Å². The summed E-state index contributed by atoms with van der Waals surface area (Å²) in [5, 5.41) is 0.0575. The van der Waals surface area contributed by atoms with Gasteiger partial charge in [0.05, 0.1) is 15.2 Å². The van der Waals surface area contributed by atoms with Crippen LogP contribution in [0.3, 0.4) is 0 Å². The zero-order chi connectivity index (χ0) is 14.4. The van der Waals surface area contributed by atoms with Gasteiger partial charge in [-0.3, -0.25) is 0 Å². The van der Waals surface area contributed by atoms with Crippen molar-refractivity contribution in [2.75, 3.05) is 5.73 Å². The van der Waals surface area contributed by atoms with Gasteiger partial charge in [0, 0.05) is 6.04 Å². The van der Waals surface area contributed by atoms with Gasteiger partial charge in [0.25, 0.3) is 0 Å². The van der Waals surface area contributed by atoms with Crippen LogP contribution in [0.1, 0.15) is 19.8 Å². The Labute approximate surface area is 124 Å². The number of sulfonamides is 1. The maximum atomic E-state index is 14.0. The molecule has 106 valence electrons. The van der Waals surface area contributed by atoms with Crippen LogP contribution in [0.15, 0.2) is 15.4 Å². The van der Waals surface area contributed by atoms with E-state index in [1.807, 2.05) is 6.92 Å². The minimum atomic E-state index is -3.94. The number of nitrogens with one attached hydrogen (secondary N) is 1. The number of nitrogens with two attached hydrogens (primary N) is 1. The van der Waals surface area contributed by atoms with Gasteiger partial charge < -0.3 is 5.73 Å². The molecule has 2 unspecified atom stereocenters. The van der Waals surface area contributed by atoms with Gasteiger partial charge in [-0.15, -0.1) is 0 Å². The van der Waals surface area contributed by atoms with Crippen molar-refractivity contribution >= 4 is 43.2 Å². The molecular formula is C11H13BrClFN2O2S. The quantitative estimate of drug-likeness (QED) is 0.631. The van der Waals surface area contributed by atoms with E-state index in [9.17, 15) is 12.8 Å². The standard InChI is InChI=1S/C11H13BrClFN2O2S/c1-2-5-3-7(5)16-19(17,18)8-4-6(13)9(12)11(15)10(8)14/h4-5,7,16H,2-3,15H2,1H3. The van der Waals surface area contributed by atoms with Crippen LogP contribution in [0.2, 0.25) is 5.02 Å². The van der Waals surface area contributed by atoms with E-state index in [0.717, 1.165) is 18.9 Å². The fourth-order valence-electron chi connectivity index (χ4n) is 1.90. The molecule has 1 aliphatic rings. The van der Waals surface area contributed by atoms with Gasteiger partial charge in [0.15, 0.2) is 5.82 Å². The lowest BCUT2D eigenvalue weighted by atomic mass is 10.3. The molecule has 1 saturated carbocycles. The van der Waals surface area contributed by atoms with Crippen LogP contribution in [0.5, 0.6) is 0 Å². The molecule has 1 aromatic rings. The van der Waals surface area contributed by atoms with Crippen LogP contribution in [-0.4, -0.2) is 14.5 Å². The van der Waals surface area contributed by atoms with Crippen LogP contribution >= 0.6 is 27.5 Å². The van der Waals surface area contributed by atoms with Crippen LogP contribution in [-0.2, 0) is 10.0 Å². The molecule has 0 radical (unpaired) electrons. The van der Waals surface area contributed by atoms with Gasteiger partial charge >= 0.3 is 0 Å². The van der Waals surface area contributed by atoms with E-state index >= 15 is 0 Å².